The maximum absolute atomic E-state index is 9.66. The summed E-state index contributed by atoms with van der Waals surface area (Å²) in [6.45, 7) is 16.6. The van der Waals surface area contributed by atoms with Crippen molar-refractivity contribution in [2.45, 2.75) is 127 Å². The number of benzene rings is 5. The van der Waals surface area contributed by atoms with Gasteiger partial charge in [0.2, 0.25) is 0 Å². The van der Waals surface area contributed by atoms with Gasteiger partial charge < -0.3 is 18.8 Å². The zero-order valence-corrected chi connectivity index (χ0v) is 34.3. The molecule has 4 nitrogen and oxygen atoms in total. The number of rotatable bonds is 1. The smallest absolute Gasteiger partial charge is 0.252 e. The first-order chi connectivity index (χ1) is 29.0. The minimum absolute atomic E-state index is 0.0149. The van der Waals surface area contributed by atoms with Crippen molar-refractivity contribution in [3.05, 3.63) is 108 Å². The normalized spacial score (nSPS) is 28.9. The van der Waals surface area contributed by atoms with Crippen LogP contribution in [0.3, 0.4) is 0 Å². The first kappa shape index (κ1) is 29.3. The number of para-hydroxylation sites is 3. The third-order valence-electron chi connectivity index (χ3n) is 16.9. The van der Waals surface area contributed by atoms with E-state index in [4.69, 9.17) is 7.16 Å². The lowest BCUT2D eigenvalue weighted by atomic mass is 9.33. The predicted molar refractivity (Wildman–Crippen MR) is 240 cm³/mol. The third-order valence-corrected chi connectivity index (χ3v) is 16.9. The molecule has 0 amide bonds. The van der Waals surface area contributed by atoms with Crippen molar-refractivity contribution in [3.63, 3.8) is 0 Å². The number of hydrogen-bond acceptors (Lipinski definition) is 3. The van der Waals surface area contributed by atoms with Gasteiger partial charge >= 0.3 is 0 Å². The quantitative estimate of drug-likeness (QED) is 0.156. The summed E-state index contributed by atoms with van der Waals surface area (Å²) in [5, 5.41) is 2.23. The van der Waals surface area contributed by atoms with E-state index >= 15 is 0 Å². The van der Waals surface area contributed by atoms with E-state index in [9.17, 15) is 2.74 Å². The highest BCUT2D eigenvalue weighted by Gasteiger charge is 2.62. The average molecular weight is 750 g/mol. The van der Waals surface area contributed by atoms with Crippen LogP contribution in [0.25, 0.3) is 38.7 Å². The maximum atomic E-state index is 9.66. The Hall–Kier alpha value is -4.90. The molecule has 5 heteroatoms. The molecule has 6 aliphatic rings. The first-order valence-electron chi connectivity index (χ1n) is 23.6. The maximum Gasteiger partial charge on any atom is 0.252 e. The van der Waals surface area contributed by atoms with E-state index in [2.05, 4.69) is 130 Å². The molecule has 4 aliphatic heterocycles. The highest BCUT2D eigenvalue weighted by molar-refractivity contribution is 7.00. The van der Waals surface area contributed by atoms with Crippen LogP contribution in [0.2, 0.25) is 0 Å². The third kappa shape index (κ3) is 3.60. The van der Waals surface area contributed by atoms with Crippen LogP contribution < -0.4 is 26.2 Å². The zero-order chi connectivity index (χ0) is 42.1. The summed E-state index contributed by atoms with van der Waals surface area (Å²) < 4.78 is 46.6. The Morgan fingerprint density at radius 2 is 1.37 bits per heavy atom. The monoisotopic (exact) mass is 749 g/mol. The van der Waals surface area contributed by atoms with Crippen LogP contribution in [0, 0.1) is 0 Å². The van der Waals surface area contributed by atoms with E-state index in [0.29, 0.717) is 5.69 Å². The molecule has 2 aliphatic carbocycles. The van der Waals surface area contributed by atoms with Crippen LogP contribution >= 0.6 is 0 Å². The lowest BCUT2D eigenvalue weighted by Gasteiger charge is -2.53. The van der Waals surface area contributed by atoms with Gasteiger partial charge in [-0.2, -0.15) is 0 Å². The summed E-state index contributed by atoms with van der Waals surface area (Å²) in [5.74, 6) is 0. The summed E-state index contributed by atoms with van der Waals surface area (Å²) in [6, 6.07) is 25.3. The molecule has 0 spiro atoms. The molecular weight excluding hydrogens is 693 g/mol. The summed E-state index contributed by atoms with van der Waals surface area (Å²) in [4.78, 5) is 5.17. The number of furan rings is 1. The molecule has 0 radical (unpaired) electrons. The van der Waals surface area contributed by atoms with Gasteiger partial charge in [-0.05, 0) is 114 Å². The fourth-order valence-corrected chi connectivity index (χ4v) is 13.6. The van der Waals surface area contributed by atoms with Gasteiger partial charge in [0, 0.05) is 50.0 Å². The Labute approximate surface area is 342 Å². The molecule has 13 rings (SSSR count). The molecule has 4 atom stereocenters. The van der Waals surface area contributed by atoms with E-state index in [0.717, 1.165) is 82.9 Å². The van der Waals surface area contributed by atoms with Gasteiger partial charge in [-0.15, -0.1) is 0 Å². The molecule has 0 bridgehead atoms. The van der Waals surface area contributed by atoms with Crippen LogP contribution in [0.1, 0.15) is 122 Å². The van der Waals surface area contributed by atoms with Crippen molar-refractivity contribution >= 4 is 78.8 Å². The second-order valence-electron chi connectivity index (χ2n) is 20.4. The SMILES string of the molecule is [2H]c1c([2H])c([2H])c2c(c1[2H])N(c1cc3c4c(c1)-n1c5c(cc(C(C)(C)C)cc5c5oc6ccccc6c51)B4c1cccc4c1N3C1(C)CCCCC41C)C1(C)CCCCC21C. The van der Waals surface area contributed by atoms with Crippen molar-refractivity contribution in [1.29, 1.82) is 0 Å². The molecule has 0 saturated heterocycles. The Balaban J connectivity index is 1.23. The molecular formula is C52H52BN3O. The summed E-state index contributed by atoms with van der Waals surface area (Å²) in [6.07, 6.45) is 8.46. The Bertz CT molecular complexity index is 3200. The molecule has 5 aromatic carbocycles. The fraction of sp³-hybridized carbons (Fsp3) is 0.385. The Kier molecular flexibility index (Phi) is 5.25. The van der Waals surface area contributed by atoms with Gasteiger partial charge in [0.1, 0.15) is 11.1 Å². The number of fused-ring (bicyclic) bond motifs is 15. The van der Waals surface area contributed by atoms with Gasteiger partial charge in [0.05, 0.1) is 22.1 Å². The van der Waals surface area contributed by atoms with Crippen molar-refractivity contribution in [2.24, 2.45) is 0 Å². The van der Waals surface area contributed by atoms with E-state index in [1.54, 1.807) is 0 Å². The van der Waals surface area contributed by atoms with E-state index in [1.807, 2.05) is 0 Å². The average Bonchev–Trinajstić information content (AvgIpc) is 3.90. The van der Waals surface area contributed by atoms with Crippen LogP contribution in [0.4, 0.5) is 22.7 Å². The Morgan fingerprint density at radius 1 is 0.667 bits per heavy atom. The summed E-state index contributed by atoms with van der Waals surface area (Å²) in [5.41, 5.74) is 15.7. The number of anilines is 4. The van der Waals surface area contributed by atoms with Crippen molar-refractivity contribution in [3.8, 4) is 5.69 Å². The second-order valence-corrected chi connectivity index (χ2v) is 20.4. The molecule has 284 valence electrons. The molecule has 2 aromatic heterocycles. The van der Waals surface area contributed by atoms with Crippen molar-refractivity contribution < 1.29 is 9.90 Å². The van der Waals surface area contributed by atoms with E-state index in [-0.39, 0.29) is 47.3 Å². The van der Waals surface area contributed by atoms with Gasteiger partial charge in [-0.1, -0.05) is 115 Å². The zero-order valence-electron chi connectivity index (χ0n) is 38.3. The van der Waals surface area contributed by atoms with Gasteiger partial charge in [0.15, 0.2) is 5.58 Å². The number of aromatic nitrogens is 1. The van der Waals surface area contributed by atoms with Crippen molar-refractivity contribution in [1.82, 2.24) is 4.57 Å². The van der Waals surface area contributed by atoms with Gasteiger partial charge in [-0.25, -0.2) is 0 Å². The minimum Gasteiger partial charge on any atom is -0.454 e. The number of nitrogens with zero attached hydrogens (tertiary/aromatic N) is 3. The van der Waals surface area contributed by atoms with Crippen LogP contribution in [0.5, 0.6) is 0 Å². The second kappa shape index (κ2) is 10.2. The van der Waals surface area contributed by atoms with Crippen molar-refractivity contribution in [2.75, 3.05) is 9.80 Å². The highest BCUT2D eigenvalue weighted by Crippen LogP contribution is 2.64. The molecule has 6 heterocycles. The predicted octanol–water partition coefficient (Wildman–Crippen LogP) is 11.5. The summed E-state index contributed by atoms with van der Waals surface area (Å²) >= 11 is 0. The van der Waals surface area contributed by atoms with E-state index < -0.39 is 11.0 Å². The minimum atomic E-state index is -0.483. The van der Waals surface area contributed by atoms with Gasteiger partial charge in [-0.3, -0.25) is 0 Å². The lowest BCUT2D eigenvalue weighted by molar-refractivity contribution is 0.194. The molecule has 7 aromatic rings. The Morgan fingerprint density at radius 3 is 2.16 bits per heavy atom. The first-order valence-corrected chi connectivity index (χ1v) is 21.6. The van der Waals surface area contributed by atoms with Gasteiger partial charge in [0.25, 0.3) is 6.71 Å². The molecule has 2 saturated carbocycles. The van der Waals surface area contributed by atoms with E-state index in [1.165, 1.54) is 57.2 Å². The summed E-state index contributed by atoms with van der Waals surface area (Å²) in [7, 11) is 0. The van der Waals surface area contributed by atoms with Crippen LogP contribution in [-0.2, 0) is 16.2 Å². The highest BCUT2D eigenvalue weighted by atomic mass is 16.3. The topological polar surface area (TPSA) is 24.6 Å². The molecule has 4 unspecified atom stereocenters. The molecule has 0 N–H and O–H groups in total. The fourth-order valence-electron chi connectivity index (χ4n) is 13.6. The lowest BCUT2D eigenvalue weighted by Crippen LogP contribution is -2.64. The van der Waals surface area contributed by atoms with Crippen LogP contribution in [0.15, 0.2) is 95.3 Å². The molecule has 2 fully saturated rings. The largest absolute Gasteiger partial charge is 0.454 e. The molecule has 57 heavy (non-hydrogen) atoms. The van der Waals surface area contributed by atoms with Crippen LogP contribution in [-0.4, -0.2) is 22.4 Å². The standard InChI is InChI=1S/C52H52BN3O/c1-48(2,3)31-27-34-44-38(28-31)53-37-20-16-19-36-46(37)56(52(7)26-15-13-24-50(36,52)5)41-30-32(55-39-21-10-9-18-35(39)49(4)23-12-14-25-51(49,55)6)29-40(43(41)53)54(44)45-33-17-8-11-22-42(33)57-47(34)45/h8-11,16-22,27-30H,12-15,23-26H2,1-7H3/i9D,10D,18D,21D. The number of hydrogen-bond donors (Lipinski definition) is 0.